The standard InChI is InChI=1S/C9H20N2O3S/c1-8(12)9-6-4-5-7-11(9)15(13,14)10(2)3/h8-9,12H,4-7H2,1-3H3. The first kappa shape index (κ1) is 12.9. The first-order chi connectivity index (χ1) is 6.87. The van der Waals surface area contributed by atoms with Crippen molar-refractivity contribution in [3.05, 3.63) is 0 Å². The van der Waals surface area contributed by atoms with Gasteiger partial charge >= 0.3 is 0 Å². The van der Waals surface area contributed by atoms with Crippen LogP contribution in [0.1, 0.15) is 26.2 Å². The summed E-state index contributed by atoms with van der Waals surface area (Å²) in [5.74, 6) is 0. The van der Waals surface area contributed by atoms with Crippen LogP contribution >= 0.6 is 0 Å². The minimum absolute atomic E-state index is 0.272. The molecule has 1 saturated heterocycles. The Balaban J connectivity index is 2.90. The summed E-state index contributed by atoms with van der Waals surface area (Å²) in [5, 5.41) is 9.57. The van der Waals surface area contributed by atoms with Crippen LogP contribution in [0.4, 0.5) is 0 Å². The van der Waals surface area contributed by atoms with Crippen molar-refractivity contribution in [1.29, 1.82) is 0 Å². The van der Waals surface area contributed by atoms with Crippen LogP contribution in [-0.2, 0) is 10.2 Å². The molecule has 1 aliphatic rings. The lowest BCUT2D eigenvalue weighted by atomic mass is 10.0. The molecule has 0 bridgehead atoms. The van der Waals surface area contributed by atoms with E-state index >= 15 is 0 Å². The van der Waals surface area contributed by atoms with Gasteiger partial charge in [0.1, 0.15) is 0 Å². The predicted octanol–water partition coefficient (Wildman–Crippen LogP) is 0.0281. The fraction of sp³-hybridized carbons (Fsp3) is 1.00. The molecule has 0 spiro atoms. The highest BCUT2D eigenvalue weighted by Gasteiger charge is 2.35. The van der Waals surface area contributed by atoms with E-state index in [0.717, 1.165) is 19.3 Å². The van der Waals surface area contributed by atoms with Crippen molar-refractivity contribution in [2.24, 2.45) is 0 Å². The maximum atomic E-state index is 11.9. The summed E-state index contributed by atoms with van der Waals surface area (Å²) < 4.78 is 26.5. The first-order valence-electron chi connectivity index (χ1n) is 5.24. The fourth-order valence-corrected chi connectivity index (χ4v) is 3.31. The summed E-state index contributed by atoms with van der Waals surface area (Å²) in [4.78, 5) is 0. The lowest BCUT2D eigenvalue weighted by Gasteiger charge is -2.37. The van der Waals surface area contributed by atoms with Crippen molar-refractivity contribution in [3.8, 4) is 0 Å². The lowest BCUT2D eigenvalue weighted by molar-refractivity contribution is 0.0803. The topological polar surface area (TPSA) is 60.9 Å². The van der Waals surface area contributed by atoms with Gasteiger partial charge < -0.3 is 5.11 Å². The minimum atomic E-state index is -3.39. The third-order valence-electron chi connectivity index (χ3n) is 2.81. The second-order valence-electron chi connectivity index (χ2n) is 4.20. The highest BCUT2D eigenvalue weighted by molar-refractivity contribution is 7.86. The first-order valence-corrected chi connectivity index (χ1v) is 6.64. The molecular weight excluding hydrogens is 216 g/mol. The van der Waals surface area contributed by atoms with Crippen LogP contribution in [0.25, 0.3) is 0 Å². The van der Waals surface area contributed by atoms with E-state index in [2.05, 4.69) is 0 Å². The van der Waals surface area contributed by atoms with E-state index in [1.807, 2.05) is 0 Å². The van der Waals surface area contributed by atoms with Crippen molar-refractivity contribution < 1.29 is 13.5 Å². The molecule has 2 atom stereocenters. The number of aliphatic hydroxyl groups is 1. The van der Waals surface area contributed by atoms with Gasteiger partial charge in [-0.05, 0) is 19.8 Å². The van der Waals surface area contributed by atoms with Crippen molar-refractivity contribution in [3.63, 3.8) is 0 Å². The second kappa shape index (κ2) is 4.78. The van der Waals surface area contributed by atoms with Gasteiger partial charge in [-0.1, -0.05) is 6.42 Å². The van der Waals surface area contributed by atoms with Crippen LogP contribution in [0.3, 0.4) is 0 Å². The molecule has 0 aromatic rings. The van der Waals surface area contributed by atoms with Crippen molar-refractivity contribution in [2.45, 2.75) is 38.3 Å². The maximum Gasteiger partial charge on any atom is 0.281 e. The monoisotopic (exact) mass is 236 g/mol. The average Bonchev–Trinajstić information content (AvgIpc) is 2.17. The fourth-order valence-electron chi connectivity index (χ4n) is 1.91. The SMILES string of the molecule is CC(O)C1CCCCN1S(=O)(=O)N(C)C. The molecule has 1 N–H and O–H groups in total. The normalized spacial score (nSPS) is 26.9. The van der Waals surface area contributed by atoms with E-state index in [4.69, 9.17) is 0 Å². The molecule has 6 heteroatoms. The summed E-state index contributed by atoms with van der Waals surface area (Å²) in [6.45, 7) is 2.16. The highest BCUT2D eigenvalue weighted by atomic mass is 32.2. The van der Waals surface area contributed by atoms with Crippen molar-refractivity contribution in [2.75, 3.05) is 20.6 Å². The Hall–Kier alpha value is -0.170. The number of aliphatic hydroxyl groups excluding tert-OH is 1. The Morgan fingerprint density at radius 2 is 2.00 bits per heavy atom. The molecule has 90 valence electrons. The largest absolute Gasteiger partial charge is 0.392 e. The van der Waals surface area contributed by atoms with Gasteiger partial charge in [0, 0.05) is 20.6 Å². The van der Waals surface area contributed by atoms with Crippen molar-refractivity contribution in [1.82, 2.24) is 8.61 Å². The molecule has 0 saturated carbocycles. The Morgan fingerprint density at radius 1 is 1.40 bits per heavy atom. The van der Waals surface area contributed by atoms with Gasteiger partial charge in [-0.3, -0.25) is 0 Å². The molecular formula is C9H20N2O3S. The molecule has 1 rings (SSSR count). The zero-order chi connectivity index (χ0) is 11.6. The molecule has 0 radical (unpaired) electrons. The molecule has 0 aromatic carbocycles. The van der Waals surface area contributed by atoms with Gasteiger partial charge in [0.2, 0.25) is 0 Å². The van der Waals surface area contributed by atoms with Crippen LogP contribution in [0.2, 0.25) is 0 Å². The summed E-state index contributed by atoms with van der Waals surface area (Å²) >= 11 is 0. The summed E-state index contributed by atoms with van der Waals surface area (Å²) in [6.07, 6.45) is 1.98. The molecule has 2 unspecified atom stereocenters. The molecule has 15 heavy (non-hydrogen) atoms. The van der Waals surface area contributed by atoms with E-state index in [9.17, 15) is 13.5 Å². The van der Waals surface area contributed by atoms with Crippen molar-refractivity contribution >= 4 is 10.2 Å². The van der Waals surface area contributed by atoms with Crippen LogP contribution in [0.15, 0.2) is 0 Å². The van der Waals surface area contributed by atoms with Crippen LogP contribution < -0.4 is 0 Å². The Morgan fingerprint density at radius 3 is 2.47 bits per heavy atom. The molecule has 1 fully saturated rings. The number of hydrogen-bond acceptors (Lipinski definition) is 3. The number of nitrogens with zero attached hydrogens (tertiary/aromatic N) is 2. The lowest BCUT2D eigenvalue weighted by Crippen LogP contribution is -2.52. The maximum absolute atomic E-state index is 11.9. The number of hydrogen-bond donors (Lipinski definition) is 1. The second-order valence-corrected chi connectivity index (χ2v) is 6.30. The predicted molar refractivity (Wildman–Crippen MR) is 58.6 cm³/mol. The molecule has 0 aromatic heterocycles. The van der Waals surface area contributed by atoms with E-state index in [1.54, 1.807) is 6.92 Å². The van der Waals surface area contributed by atoms with E-state index in [0.29, 0.717) is 6.54 Å². The zero-order valence-electron chi connectivity index (χ0n) is 9.55. The van der Waals surface area contributed by atoms with E-state index in [-0.39, 0.29) is 6.04 Å². The third kappa shape index (κ3) is 2.69. The van der Waals surface area contributed by atoms with Gasteiger partial charge in [0.25, 0.3) is 10.2 Å². The quantitative estimate of drug-likeness (QED) is 0.752. The van der Waals surface area contributed by atoms with Gasteiger partial charge in [0.15, 0.2) is 0 Å². The van der Waals surface area contributed by atoms with Gasteiger partial charge in [-0.15, -0.1) is 0 Å². The summed E-state index contributed by atoms with van der Waals surface area (Å²) in [5.41, 5.74) is 0. The van der Waals surface area contributed by atoms with Gasteiger partial charge in [-0.25, -0.2) is 0 Å². The zero-order valence-corrected chi connectivity index (χ0v) is 10.4. The number of piperidine rings is 1. The summed E-state index contributed by atoms with van der Waals surface area (Å²) in [7, 11) is -0.354. The Labute approximate surface area is 91.9 Å². The average molecular weight is 236 g/mol. The molecule has 1 aliphatic heterocycles. The van der Waals surface area contributed by atoms with Gasteiger partial charge in [0.05, 0.1) is 12.1 Å². The highest BCUT2D eigenvalue weighted by Crippen LogP contribution is 2.23. The summed E-state index contributed by atoms with van der Waals surface area (Å²) in [6, 6.07) is -0.272. The van der Waals surface area contributed by atoms with Gasteiger partial charge in [-0.2, -0.15) is 17.0 Å². The van der Waals surface area contributed by atoms with Crippen LogP contribution in [0.5, 0.6) is 0 Å². The third-order valence-corrected chi connectivity index (χ3v) is 4.78. The van der Waals surface area contributed by atoms with E-state index in [1.165, 1.54) is 22.7 Å². The molecule has 0 aliphatic carbocycles. The molecule has 5 nitrogen and oxygen atoms in total. The molecule has 1 heterocycles. The Bertz CT molecular complexity index is 300. The molecule has 0 amide bonds. The van der Waals surface area contributed by atoms with E-state index < -0.39 is 16.3 Å². The number of rotatable bonds is 3. The minimum Gasteiger partial charge on any atom is -0.392 e. The van der Waals surface area contributed by atoms with Crippen LogP contribution in [-0.4, -0.2) is 54.9 Å². The van der Waals surface area contributed by atoms with Crippen LogP contribution in [0, 0.1) is 0 Å². The smallest absolute Gasteiger partial charge is 0.281 e. The Kier molecular flexibility index (Phi) is 4.11.